The van der Waals surface area contributed by atoms with Crippen LogP contribution < -0.4 is 4.90 Å². The fourth-order valence-electron chi connectivity index (χ4n) is 5.22. The first-order valence-corrected chi connectivity index (χ1v) is 13.5. The van der Waals surface area contributed by atoms with Gasteiger partial charge >= 0.3 is 6.09 Å². The Kier molecular flexibility index (Phi) is 6.34. The van der Waals surface area contributed by atoms with Gasteiger partial charge in [0.1, 0.15) is 16.9 Å². The number of rotatable bonds is 4. The van der Waals surface area contributed by atoms with Crippen LogP contribution in [0.15, 0.2) is 9.63 Å². The van der Waals surface area contributed by atoms with Crippen molar-refractivity contribution in [3.8, 4) is 6.07 Å². The standard InChI is InChI=1S/C24H27BrFN5O3S/c1-5-35-22-28-20-17(16-14(18(25)19(20)26)11-33-15(16)6-7-27)21(29-22)30-9-13-8-12(30)10-31(13)23(32)34-24(2,3)4/h12-13,15H,5-6,8-11H2,1-4H3/t12-,13-,15?/m1/s1. The Labute approximate surface area is 216 Å². The van der Waals surface area contributed by atoms with E-state index in [0.717, 1.165) is 17.7 Å². The number of amides is 1. The van der Waals surface area contributed by atoms with Gasteiger partial charge in [-0.3, -0.25) is 0 Å². The quantitative estimate of drug-likeness (QED) is 0.364. The third-order valence-corrected chi connectivity index (χ3v) is 8.13. The summed E-state index contributed by atoms with van der Waals surface area (Å²) in [4.78, 5) is 26.2. The van der Waals surface area contributed by atoms with E-state index >= 15 is 4.39 Å². The first-order valence-electron chi connectivity index (χ1n) is 11.7. The maximum Gasteiger partial charge on any atom is 0.410 e. The van der Waals surface area contributed by atoms with Crippen LogP contribution >= 0.6 is 27.7 Å². The lowest BCUT2D eigenvalue weighted by atomic mass is 9.97. The fraction of sp³-hybridized carbons (Fsp3) is 0.583. The molecule has 1 aromatic carbocycles. The van der Waals surface area contributed by atoms with Crippen molar-refractivity contribution in [2.24, 2.45) is 0 Å². The number of aromatic nitrogens is 2. The zero-order valence-corrected chi connectivity index (χ0v) is 22.5. The summed E-state index contributed by atoms with van der Waals surface area (Å²) in [5.41, 5.74) is 1.16. The lowest BCUT2D eigenvalue weighted by Crippen LogP contribution is -2.50. The molecule has 1 amide bonds. The Morgan fingerprint density at radius 1 is 1.34 bits per heavy atom. The number of hydrogen-bond acceptors (Lipinski definition) is 8. The van der Waals surface area contributed by atoms with Crippen LogP contribution in [0.3, 0.4) is 0 Å². The Hall–Kier alpha value is -2.16. The van der Waals surface area contributed by atoms with E-state index in [1.165, 1.54) is 11.8 Å². The number of carbonyl (C=O) groups is 1. The number of nitrogens with zero attached hydrogens (tertiary/aromatic N) is 5. The number of thioether (sulfide) groups is 1. The van der Waals surface area contributed by atoms with E-state index in [1.54, 1.807) is 4.90 Å². The summed E-state index contributed by atoms with van der Waals surface area (Å²) >= 11 is 4.86. The smallest absolute Gasteiger partial charge is 0.410 e. The molecule has 3 aliphatic heterocycles. The number of likely N-dealkylation sites (tertiary alicyclic amines) is 1. The molecule has 0 saturated carbocycles. The third-order valence-electron chi connectivity index (χ3n) is 6.57. The predicted octanol–water partition coefficient (Wildman–Crippen LogP) is 5.33. The number of nitriles is 1. The van der Waals surface area contributed by atoms with Crippen LogP contribution in [0.25, 0.3) is 10.9 Å². The maximum absolute atomic E-state index is 15.6. The topological polar surface area (TPSA) is 91.6 Å². The first-order chi connectivity index (χ1) is 16.6. The zero-order chi connectivity index (χ0) is 25.1. The number of benzene rings is 1. The molecule has 2 aromatic rings. The van der Waals surface area contributed by atoms with Gasteiger partial charge in [0.05, 0.1) is 47.1 Å². The van der Waals surface area contributed by atoms with Gasteiger partial charge in [0.25, 0.3) is 0 Å². The molecule has 1 unspecified atom stereocenters. The van der Waals surface area contributed by atoms with E-state index < -0.39 is 17.5 Å². The van der Waals surface area contributed by atoms with Gasteiger partial charge in [0.2, 0.25) is 0 Å². The number of fused-ring (bicyclic) bond motifs is 5. The van der Waals surface area contributed by atoms with Crippen molar-refractivity contribution in [1.82, 2.24) is 14.9 Å². The van der Waals surface area contributed by atoms with Crippen LogP contribution in [0.5, 0.6) is 0 Å². The van der Waals surface area contributed by atoms with Crippen LogP contribution in [0, 0.1) is 17.1 Å². The molecule has 0 radical (unpaired) electrons. The molecular weight excluding hydrogens is 537 g/mol. The van der Waals surface area contributed by atoms with Gasteiger partial charge in [-0.2, -0.15) is 5.26 Å². The van der Waals surface area contributed by atoms with Crippen LogP contribution in [-0.2, 0) is 16.1 Å². The zero-order valence-electron chi connectivity index (χ0n) is 20.1. The van der Waals surface area contributed by atoms with Gasteiger partial charge in [-0.15, -0.1) is 0 Å². The van der Waals surface area contributed by atoms with Crippen molar-refractivity contribution >= 4 is 50.5 Å². The predicted molar refractivity (Wildman–Crippen MR) is 134 cm³/mol. The average Bonchev–Trinajstić information content (AvgIpc) is 3.51. The largest absolute Gasteiger partial charge is 0.444 e. The van der Waals surface area contributed by atoms with Crippen molar-refractivity contribution in [2.45, 2.75) is 76.1 Å². The Morgan fingerprint density at radius 2 is 2.11 bits per heavy atom. The van der Waals surface area contributed by atoms with Crippen molar-refractivity contribution < 1.29 is 18.7 Å². The monoisotopic (exact) mass is 563 g/mol. The second-order valence-corrected chi connectivity index (χ2v) is 12.0. The molecule has 0 aliphatic carbocycles. The number of halogens is 2. The number of piperazine rings is 1. The Balaban J connectivity index is 1.60. The molecule has 4 heterocycles. The molecular formula is C24H27BrFN5O3S. The number of ether oxygens (including phenoxy) is 2. The molecule has 186 valence electrons. The summed E-state index contributed by atoms with van der Waals surface area (Å²) in [6.07, 6.45) is 0.168. The summed E-state index contributed by atoms with van der Waals surface area (Å²) in [7, 11) is 0. The van der Waals surface area contributed by atoms with Gasteiger partial charge < -0.3 is 19.3 Å². The van der Waals surface area contributed by atoms with Crippen LogP contribution in [0.1, 0.15) is 57.8 Å². The second-order valence-electron chi connectivity index (χ2n) is 10.00. The molecule has 3 atom stereocenters. The molecule has 11 heteroatoms. The molecule has 35 heavy (non-hydrogen) atoms. The molecule has 2 bridgehead atoms. The van der Waals surface area contributed by atoms with Gasteiger partial charge in [-0.05, 0) is 48.9 Å². The fourth-order valence-corrected chi connectivity index (χ4v) is 6.30. The van der Waals surface area contributed by atoms with Crippen molar-refractivity contribution in [2.75, 3.05) is 23.7 Å². The number of anilines is 1. The highest BCUT2D eigenvalue weighted by Gasteiger charge is 2.48. The minimum absolute atomic E-state index is 0.0124. The molecule has 3 aliphatic rings. The minimum Gasteiger partial charge on any atom is -0.444 e. The molecule has 8 nitrogen and oxygen atoms in total. The summed E-state index contributed by atoms with van der Waals surface area (Å²) < 4.78 is 27.4. The SMILES string of the molecule is CCSc1nc(N2C[C@H]3C[C@@H]2CN3C(=O)OC(C)(C)C)c2c3c(c(Br)c(F)c2n1)COC3CC#N. The van der Waals surface area contributed by atoms with Crippen LogP contribution in [-0.4, -0.2) is 57.5 Å². The van der Waals surface area contributed by atoms with Crippen molar-refractivity contribution in [1.29, 1.82) is 5.26 Å². The Morgan fingerprint density at radius 3 is 2.74 bits per heavy atom. The highest BCUT2D eigenvalue weighted by Crippen LogP contribution is 2.48. The summed E-state index contributed by atoms with van der Waals surface area (Å²) in [5, 5.41) is 10.5. The number of carbonyl (C=O) groups excluding carboxylic acids is 1. The lowest BCUT2D eigenvalue weighted by Gasteiger charge is -2.36. The van der Waals surface area contributed by atoms with Crippen molar-refractivity contribution in [3.05, 3.63) is 21.4 Å². The van der Waals surface area contributed by atoms with Crippen LogP contribution in [0.2, 0.25) is 0 Å². The molecule has 2 fully saturated rings. The minimum atomic E-state index is -0.561. The maximum atomic E-state index is 15.6. The highest BCUT2D eigenvalue weighted by atomic mass is 79.9. The van der Waals surface area contributed by atoms with Gasteiger partial charge in [0.15, 0.2) is 11.0 Å². The summed E-state index contributed by atoms with van der Waals surface area (Å²) in [5.74, 6) is 0.955. The summed E-state index contributed by atoms with van der Waals surface area (Å²) in [6, 6.07) is 2.20. The third kappa shape index (κ3) is 4.23. The van der Waals surface area contributed by atoms with E-state index in [-0.39, 0.29) is 36.7 Å². The highest BCUT2D eigenvalue weighted by molar-refractivity contribution is 9.10. The molecule has 0 spiro atoms. The van der Waals surface area contributed by atoms with Gasteiger partial charge in [-0.1, -0.05) is 18.7 Å². The van der Waals surface area contributed by atoms with E-state index in [2.05, 4.69) is 31.9 Å². The molecule has 0 N–H and O–H groups in total. The van der Waals surface area contributed by atoms with Gasteiger partial charge in [-0.25, -0.2) is 19.2 Å². The molecule has 2 saturated heterocycles. The molecule has 5 rings (SSSR count). The lowest BCUT2D eigenvalue weighted by molar-refractivity contribution is 0.0214. The van der Waals surface area contributed by atoms with Gasteiger partial charge in [0, 0.05) is 24.2 Å². The van der Waals surface area contributed by atoms with Crippen molar-refractivity contribution in [3.63, 3.8) is 0 Å². The first kappa shape index (κ1) is 24.5. The molecule has 1 aromatic heterocycles. The van der Waals surface area contributed by atoms with E-state index in [0.29, 0.717) is 39.5 Å². The van der Waals surface area contributed by atoms with Crippen LogP contribution in [0.4, 0.5) is 15.0 Å². The summed E-state index contributed by atoms with van der Waals surface area (Å²) in [6.45, 7) is 8.89. The normalized spacial score (nSPS) is 23.2. The second kappa shape index (κ2) is 9.05. The number of hydrogen-bond donors (Lipinski definition) is 0. The average molecular weight is 564 g/mol. The van der Waals surface area contributed by atoms with E-state index in [9.17, 15) is 10.1 Å². The van der Waals surface area contributed by atoms with E-state index in [1.807, 2.05) is 27.7 Å². The van der Waals surface area contributed by atoms with E-state index in [4.69, 9.17) is 14.5 Å². The Bertz CT molecular complexity index is 1250.